The maximum atomic E-state index is 12.0. The topological polar surface area (TPSA) is 55.4 Å². The molecule has 0 aromatic carbocycles. The summed E-state index contributed by atoms with van der Waals surface area (Å²) >= 11 is 1.96. The Hall–Kier alpha value is -0.540. The van der Waals surface area contributed by atoms with Crippen LogP contribution in [0.5, 0.6) is 0 Å². The maximum absolute atomic E-state index is 12.0. The lowest BCUT2D eigenvalue weighted by Crippen LogP contribution is -2.47. The van der Waals surface area contributed by atoms with E-state index in [1.165, 1.54) is 0 Å². The predicted octanol–water partition coefficient (Wildman–Crippen LogP) is 1.03. The van der Waals surface area contributed by atoms with E-state index in [0.717, 1.165) is 0 Å². The molecule has 1 heterocycles. The predicted molar refractivity (Wildman–Crippen MR) is 55.9 cm³/mol. The number of ether oxygens (including phenoxy) is 1. The van der Waals surface area contributed by atoms with Crippen LogP contribution in [0.15, 0.2) is 0 Å². The normalized spacial score (nSPS) is 30.1. The molecule has 1 fully saturated rings. The highest BCUT2D eigenvalue weighted by atomic mass is 127. The average molecular weight is 351 g/mol. The quantitative estimate of drug-likeness (QED) is 0.459. The summed E-state index contributed by atoms with van der Waals surface area (Å²) in [5, 5.41) is 1.64. The van der Waals surface area contributed by atoms with E-state index in [0.29, 0.717) is 4.43 Å². The summed E-state index contributed by atoms with van der Waals surface area (Å²) in [6.45, 7) is 1.57. The number of rotatable bonds is 2. The first-order valence-electron chi connectivity index (χ1n) is 4.41. The van der Waals surface area contributed by atoms with Gasteiger partial charge in [-0.2, -0.15) is 13.2 Å². The largest absolute Gasteiger partial charge is 0.471 e. The van der Waals surface area contributed by atoms with Gasteiger partial charge < -0.3 is 10.1 Å². The van der Waals surface area contributed by atoms with Crippen molar-refractivity contribution < 1.29 is 27.5 Å². The Morgan fingerprint density at radius 2 is 2.12 bits per heavy atom. The van der Waals surface area contributed by atoms with E-state index in [4.69, 9.17) is 4.74 Å². The number of nitrogens with one attached hydrogen (secondary N) is 1. The van der Waals surface area contributed by atoms with Crippen molar-refractivity contribution in [2.24, 2.45) is 5.92 Å². The Balaban J connectivity index is 2.68. The van der Waals surface area contributed by atoms with E-state index in [9.17, 15) is 22.8 Å². The van der Waals surface area contributed by atoms with Gasteiger partial charge in [0.15, 0.2) is 0 Å². The third-order valence-electron chi connectivity index (χ3n) is 2.33. The Kier molecular flexibility index (Phi) is 4.02. The van der Waals surface area contributed by atoms with Gasteiger partial charge in [-0.25, -0.2) is 4.79 Å². The zero-order valence-electron chi connectivity index (χ0n) is 8.18. The number of esters is 1. The van der Waals surface area contributed by atoms with Gasteiger partial charge in [0.05, 0.1) is 0 Å². The van der Waals surface area contributed by atoms with Gasteiger partial charge in [0.25, 0.3) is 0 Å². The molecule has 0 radical (unpaired) electrons. The van der Waals surface area contributed by atoms with Crippen molar-refractivity contribution in [3.05, 3.63) is 0 Å². The number of carbonyl (C=O) groups is 2. The van der Waals surface area contributed by atoms with Crippen molar-refractivity contribution in [3.8, 4) is 0 Å². The minimum absolute atomic E-state index is 0.452. The Morgan fingerprint density at radius 3 is 2.50 bits per heavy atom. The van der Waals surface area contributed by atoms with E-state index in [2.05, 4.69) is 0 Å². The molecule has 1 saturated heterocycles. The first-order valence-corrected chi connectivity index (χ1v) is 5.94. The lowest BCUT2D eigenvalue weighted by atomic mass is 10.0. The van der Waals surface area contributed by atoms with E-state index >= 15 is 0 Å². The van der Waals surface area contributed by atoms with Crippen LogP contribution in [0.25, 0.3) is 0 Å². The van der Waals surface area contributed by atoms with Gasteiger partial charge in [-0.05, 0) is 0 Å². The summed E-state index contributed by atoms with van der Waals surface area (Å²) in [6.07, 6.45) is -5.44. The second-order valence-electron chi connectivity index (χ2n) is 3.44. The fraction of sp³-hybridized carbons (Fsp3) is 0.750. The molecule has 0 saturated carbocycles. The minimum atomic E-state index is -4.98. The number of halogens is 4. The maximum Gasteiger partial charge on any atom is 0.471 e. The SMILES string of the molecule is C[C@H]1[C@H](CI)OC(=O)[C@@H]1NC(=O)C(F)(F)F. The summed E-state index contributed by atoms with van der Waals surface area (Å²) in [6, 6.07) is -1.21. The van der Waals surface area contributed by atoms with Crippen molar-refractivity contribution in [2.75, 3.05) is 4.43 Å². The van der Waals surface area contributed by atoms with Gasteiger partial charge in [-0.3, -0.25) is 4.79 Å². The zero-order valence-corrected chi connectivity index (χ0v) is 10.3. The van der Waals surface area contributed by atoms with Gasteiger partial charge in [0.1, 0.15) is 12.1 Å². The van der Waals surface area contributed by atoms with Crippen LogP contribution < -0.4 is 5.32 Å². The number of alkyl halides is 4. The van der Waals surface area contributed by atoms with Crippen LogP contribution in [-0.4, -0.2) is 34.6 Å². The molecule has 1 aliphatic rings. The fourth-order valence-electron chi connectivity index (χ4n) is 1.34. The second kappa shape index (κ2) is 4.76. The van der Waals surface area contributed by atoms with Gasteiger partial charge in [0, 0.05) is 10.3 Å². The molecule has 0 bridgehead atoms. The lowest BCUT2D eigenvalue weighted by molar-refractivity contribution is -0.175. The molecule has 0 aliphatic carbocycles. The van der Waals surface area contributed by atoms with Crippen LogP contribution in [0.1, 0.15) is 6.92 Å². The molecule has 1 aliphatic heterocycles. The summed E-state index contributed by atoms with van der Waals surface area (Å²) in [5.41, 5.74) is 0. The first kappa shape index (κ1) is 13.5. The molecule has 0 aromatic heterocycles. The second-order valence-corrected chi connectivity index (χ2v) is 4.32. The Morgan fingerprint density at radius 1 is 1.56 bits per heavy atom. The van der Waals surface area contributed by atoms with E-state index in [1.807, 2.05) is 22.6 Å². The van der Waals surface area contributed by atoms with Gasteiger partial charge in [-0.15, -0.1) is 0 Å². The Labute approximate surface area is 103 Å². The van der Waals surface area contributed by atoms with Crippen LogP contribution in [0.3, 0.4) is 0 Å². The molecule has 0 unspecified atom stereocenters. The van der Waals surface area contributed by atoms with Crippen molar-refractivity contribution in [2.45, 2.75) is 25.2 Å². The highest BCUT2D eigenvalue weighted by Gasteiger charge is 2.47. The molecule has 4 nitrogen and oxygen atoms in total. The van der Waals surface area contributed by atoms with Crippen molar-refractivity contribution >= 4 is 34.5 Å². The third kappa shape index (κ3) is 2.77. The molecule has 8 heteroatoms. The van der Waals surface area contributed by atoms with E-state index < -0.39 is 36.1 Å². The summed E-state index contributed by atoms with van der Waals surface area (Å²) in [5.74, 6) is -3.39. The number of hydrogen-bond donors (Lipinski definition) is 1. The minimum Gasteiger partial charge on any atom is -0.460 e. The molecule has 3 atom stereocenters. The van der Waals surface area contributed by atoms with Crippen molar-refractivity contribution in [1.82, 2.24) is 5.32 Å². The summed E-state index contributed by atoms with van der Waals surface area (Å²) in [7, 11) is 0. The smallest absolute Gasteiger partial charge is 0.460 e. The molecule has 1 N–H and O–H groups in total. The number of carbonyl (C=O) groups excluding carboxylic acids is 2. The molecule has 1 amide bonds. The lowest BCUT2D eigenvalue weighted by Gasteiger charge is -2.16. The fourth-order valence-corrected chi connectivity index (χ4v) is 2.33. The zero-order chi connectivity index (χ0) is 12.5. The summed E-state index contributed by atoms with van der Waals surface area (Å²) < 4.78 is 41.2. The standard InChI is InChI=1S/C8H9F3INO3/c1-3-4(2-12)16-6(14)5(3)13-7(15)8(9,10)11/h3-5H,2H2,1H3,(H,13,15)/t3-,4-,5+/m0/s1. The Bertz CT molecular complexity index is 307. The molecule has 1 rings (SSSR count). The van der Waals surface area contributed by atoms with Crippen LogP contribution in [0, 0.1) is 5.92 Å². The summed E-state index contributed by atoms with van der Waals surface area (Å²) in [4.78, 5) is 21.9. The van der Waals surface area contributed by atoms with Crippen LogP contribution >= 0.6 is 22.6 Å². The van der Waals surface area contributed by atoms with Crippen LogP contribution in [0.4, 0.5) is 13.2 Å². The van der Waals surface area contributed by atoms with Gasteiger partial charge in [-0.1, -0.05) is 29.5 Å². The van der Waals surface area contributed by atoms with E-state index in [1.54, 1.807) is 12.2 Å². The molecular formula is C8H9F3INO3. The number of cyclic esters (lactones) is 1. The molecule has 92 valence electrons. The van der Waals surface area contributed by atoms with Crippen LogP contribution in [-0.2, 0) is 14.3 Å². The average Bonchev–Trinajstić information content (AvgIpc) is 2.43. The highest BCUT2D eigenvalue weighted by Crippen LogP contribution is 2.25. The molecule has 0 aromatic rings. The van der Waals surface area contributed by atoms with E-state index in [-0.39, 0.29) is 0 Å². The third-order valence-corrected chi connectivity index (χ3v) is 3.20. The number of amides is 1. The first-order chi connectivity index (χ1) is 7.27. The molecule has 16 heavy (non-hydrogen) atoms. The van der Waals surface area contributed by atoms with Crippen LogP contribution in [0.2, 0.25) is 0 Å². The van der Waals surface area contributed by atoms with Crippen molar-refractivity contribution in [1.29, 1.82) is 0 Å². The van der Waals surface area contributed by atoms with Gasteiger partial charge >= 0.3 is 18.1 Å². The van der Waals surface area contributed by atoms with Crippen molar-refractivity contribution in [3.63, 3.8) is 0 Å². The molecule has 0 spiro atoms. The monoisotopic (exact) mass is 351 g/mol. The highest BCUT2D eigenvalue weighted by molar-refractivity contribution is 14.1. The van der Waals surface area contributed by atoms with Gasteiger partial charge in [0.2, 0.25) is 0 Å². The molecular weight excluding hydrogens is 342 g/mol. The number of hydrogen-bond acceptors (Lipinski definition) is 3.